The minimum absolute atomic E-state index is 0.0124. The molecule has 3 aliphatic carbocycles. The molecule has 1 saturated carbocycles. The van der Waals surface area contributed by atoms with Crippen LogP contribution in [0.2, 0.25) is 18.6 Å². The van der Waals surface area contributed by atoms with E-state index < -0.39 is 36.5 Å². The van der Waals surface area contributed by atoms with E-state index in [1.165, 1.54) is 0 Å². The fourth-order valence-corrected chi connectivity index (χ4v) is 12.1. The lowest BCUT2D eigenvalue weighted by molar-refractivity contribution is -0.271. The first-order valence-corrected chi connectivity index (χ1v) is 19.7. The van der Waals surface area contributed by atoms with Gasteiger partial charge in [-0.2, -0.15) is 0 Å². The van der Waals surface area contributed by atoms with E-state index in [1.807, 2.05) is 56.3 Å². The zero-order valence-corrected chi connectivity index (χ0v) is 29.4. The van der Waals surface area contributed by atoms with Crippen molar-refractivity contribution < 1.29 is 37.6 Å². The Bertz CT molecular complexity index is 1420. The largest absolute Gasteiger partial charge is 0.497 e. The number of fused-ring (bicyclic) bond motifs is 1. The van der Waals surface area contributed by atoms with Crippen LogP contribution in [0.15, 0.2) is 66.4 Å². The van der Waals surface area contributed by atoms with Gasteiger partial charge in [-0.25, -0.2) is 0 Å². The quantitative estimate of drug-likeness (QED) is 0.165. The average molecular weight is 651 g/mol. The molecule has 2 aromatic carbocycles. The van der Waals surface area contributed by atoms with Gasteiger partial charge in [0, 0.05) is 31.2 Å². The molecule has 0 radical (unpaired) electrons. The minimum Gasteiger partial charge on any atom is -0.497 e. The number of carbonyl (C=O) groups excluding carboxylic acids is 1. The van der Waals surface area contributed by atoms with Crippen molar-refractivity contribution in [3.05, 3.63) is 77.6 Å². The lowest BCUT2D eigenvalue weighted by atomic mass is 9.47. The van der Waals surface area contributed by atoms with E-state index in [0.29, 0.717) is 39.6 Å². The third-order valence-corrected chi connectivity index (χ3v) is 14.0. The van der Waals surface area contributed by atoms with Crippen molar-refractivity contribution >= 4 is 14.1 Å². The molecule has 0 aromatic heterocycles. The lowest BCUT2D eigenvalue weighted by Gasteiger charge is -2.65. The average Bonchev–Trinajstić information content (AvgIpc) is 3.35. The Labute approximate surface area is 274 Å². The molecule has 2 heterocycles. The monoisotopic (exact) mass is 650 g/mol. The van der Waals surface area contributed by atoms with Gasteiger partial charge in [-0.05, 0) is 68.2 Å². The van der Waals surface area contributed by atoms with Crippen molar-refractivity contribution in [3.63, 3.8) is 0 Å². The predicted molar refractivity (Wildman–Crippen MR) is 177 cm³/mol. The molecule has 0 amide bonds. The normalized spacial score (nSPS) is 30.5. The van der Waals surface area contributed by atoms with Crippen molar-refractivity contribution in [2.24, 2.45) is 22.2 Å². The van der Waals surface area contributed by atoms with Crippen LogP contribution in [0, 0.1) is 22.2 Å². The van der Waals surface area contributed by atoms with Crippen molar-refractivity contribution in [2.45, 2.75) is 77.9 Å². The smallest absolute Gasteiger partial charge is 0.236 e. The molecule has 1 spiro atoms. The van der Waals surface area contributed by atoms with Crippen LogP contribution >= 0.6 is 0 Å². The van der Waals surface area contributed by atoms with Gasteiger partial charge in [0.25, 0.3) is 0 Å². The molecular formula is C37H50O8Si. The highest BCUT2D eigenvalue weighted by Gasteiger charge is 2.84. The fraction of sp³-hybridized carbons (Fsp3) is 0.595. The topological polar surface area (TPSA) is 81.7 Å². The standard InChI is InChI=1S/C37H50O8Si/c1-8-42-37(43-9-2)28-19-30-36(32(37)38)31(20-28)46(6,7)44-25-35(36,24-41-21-26-13-11-10-12-14-26)33(45-30)34(3,4)23-40-22-27-15-17-29(39-5)18-16-27/h10-19,28,31,33H,8-9,20-25H2,1-7H3. The molecule has 5 atom stereocenters. The SMILES string of the molecule is CCOC1(OCC)C(=O)C23C4=CC1CC2[Si](C)(C)OCC3(COCc1ccccc1)C(C(C)(C)COCc1ccc(OC)cc1)O4. The third-order valence-electron chi connectivity index (χ3n) is 10.8. The maximum Gasteiger partial charge on any atom is 0.236 e. The Morgan fingerprint density at radius 1 is 0.935 bits per heavy atom. The van der Waals surface area contributed by atoms with Crippen LogP contribution in [-0.2, 0) is 46.1 Å². The third kappa shape index (κ3) is 5.09. The summed E-state index contributed by atoms with van der Waals surface area (Å²) in [5.41, 5.74) is -0.207. The number of allylic oxidation sites excluding steroid dienone is 1. The molecule has 7 rings (SSSR count). The minimum atomic E-state index is -2.38. The second kappa shape index (κ2) is 12.5. The molecule has 5 unspecified atom stereocenters. The van der Waals surface area contributed by atoms with Crippen LogP contribution in [0.25, 0.3) is 0 Å². The van der Waals surface area contributed by atoms with Crippen molar-refractivity contribution in [2.75, 3.05) is 40.1 Å². The molecule has 3 fully saturated rings. The Morgan fingerprint density at radius 2 is 1.59 bits per heavy atom. The zero-order chi connectivity index (χ0) is 32.8. The van der Waals surface area contributed by atoms with Crippen LogP contribution in [-0.4, -0.2) is 66.1 Å². The summed E-state index contributed by atoms with van der Waals surface area (Å²) >= 11 is 0. The Morgan fingerprint density at radius 3 is 2.24 bits per heavy atom. The summed E-state index contributed by atoms with van der Waals surface area (Å²) in [5.74, 6) is -0.0693. The van der Waals surface area contributed by atoms with Gasteiger partial charge in [0.1, 0.15) is 23.0 Å². The molecule has 5 aliphatic rings. The summed E-state index contributed by atoms with van der Waals surface area (Å²) in [6.07, 6.45) is 2.48. The first-order valence-electron chi connectivity index (χ1n) is 16.7. The van der Waals surface area contributed by atoms with Gasteiger partial charge >= 0.3 is 0 Å². The van der Waals surface area contributed by atoms with Gasteiger partial charge in [-0.1, -0.05) is 56.3 Å². The molecule has 2 aliphatic heterocycles. The molecule has 2 bridgehead atoms. The highest BCUT2D eigenvalue weighted by Crippen LogP contribution is 2.76. The summed E-state index contributed by atoms with van der Waals surface area (Å²) in [5, 5.41) is 0. The van der Waals surface area contributed by atoms with E-state index in [1.54, 1.807) is 7.11 Å². The highest BCUT2D eigenvalue weighted by atomic mass is 28.4. The van der Waals surface area contributed by atoms with Crippen molar-refractivity contribution in [1.29, 1.82) is 0 Å². The fourth-order valence-electron chi connectivity index (χ4n) is 8.88. The molecule has 0 N–H and O–H groups in total. The van der Waals surface area contributed by atoms with Crippen molar-refractivity contribution in [1.82, 2.24) is 0 Å². The number of Topliss-reactive ketones (excluding diaryl/α,β-unsaturated/α-hetero) is 1. The van der Waals surface area contributed by atoms with E-state index in [4.69, 9.17) is 32.8 Å². The summed E-state index contributed by atoms with van der Waals surface area (Å²) < 4.78 is 45.2. The van der Waals surface area contributed by atoms with E-state index in [9.17, 15) is 0 Å². The molecule has 9 heteroatoms. The number of hydrogen-bond acceptors (Lipinski definition) is 8. The number of carbonyl (C=O) groups is 1. The first-order chi connectivity index (χ1) is 22.0. The van der Waals surface area contributed by atoms with Gasteiger partial charge in [-0.15, -0.1) is 0 Å². The van der Waals surface area contributed by atoms with Crippen molar-refractivity contribution in [3.8, 4) is 5.75 Å². The van der Waals surface area contributed by atoms with Gasteiger partial charge in [0.05, 0.1) is 39.0 Å². The molecule has 8 nitrogen and oxygen atoms in total. The second-order valence-corrected chi connectivity index (χ2v) is 18.6. The lowest BCUT2D eigenvalue weighted by Crippen LogP contribution is -2.76. The molecule has 2 saturated heterocycles. The number of benzene rings is 2. The number of ketones is 1. The molecule has 2 aromatic rings. The van der Waals surface area contributed by atoms with Gasteiger partial charge in [0.2, 0.25) is 11.6 Å². The van der Waals surface area contributed by atoms with Gasteiger partial charge in [-0.3, -0.25) is 4.79 Å². The van der Waals surface area contributed by atoms with Gasteiger partial charge < -0.3 is 32.8 Å². The summed E-state index contributed by atoms with van der Waals surface area (Å²) in [6.45, 7) is 15.3. The first kappa shape index (κ1) is 33.4. The van der Waals surface area contributed by atoms with Crippen LogP contribution < -0.4 is 4.74 Å². The Kier molecular flexibility index (Phi) is 9.06. The Hall–Kier alpha value is -2.53. The summed E-state index contributed by atoms with van der Waals surface area (Å²) in [7, 11) is -0.714. The Balaban J connectivity index is 1.40. The zero-order valence-electron chi connectivity index (χ0n) is 28.4. The highest BCUT2D eigenvalue weighted by molar-refractivity contribution is 6.73. The second-order valence-electron chi connectivity index (χ2n) is 14.5. The number of rotatable bonds is 14. The van der Waals surface area contributed by atoms with Gasteiger partial charge in [0.15, 0.2) is 8.32 Å². The van der Waals surface area contributed by atoms with Crippen LogP contribution in [0.5, 0.6) is 5.75 Å². The summed E-state index contributed by atoms with van der Waals surface area (Å²) in [4.78, 5) is 15.5. The van der Waals surface area contributed by atoms with E-state index in [2.05, 4.69) is 45.2 Å². The molecule has 46 heavy (non-hydrogen) atoms. The van der Waals surface area contributed by atoms with E-state index in [-0.39, 0.29) is 23.8 Å². The maximum atomic E-state index is 15.5. The number of hydrogen-bond donors (Lipinski definition) is 0. The van der Waals surface area contributed by atoms with Crippen LogP contribution in [0.3, 0.4) is 0 Å². The van der Waals surface area contributed by atoms with Crippen LogP contribution in [0.1, 0.15) is 45.2 Å². The maximum absolute atomic E-state index is 15.5. The summed E-state index contributed by atoms with van der Waals surface area (Å²) in [6, 6.07) is 18.1. The number of ether oxygens (including phenoxy) is 6. The number of methoxy groups -OCH3 is 1. The van der Waals surface area contributed by atoms with E-state index >= 15 is 4.79 Å². The van der Waals surface area contributed by atoms with E-state index in [0.717, 1.165) is 29.1 Å². The van der Waals surface area contributed by atoms with Crippen LogP contribution in [0.4, 0.5) is 0 Å². The predicted octanol–water partition coefficient (Wildman–Crippen LogP) is 6.69. The molecule has 250 valence electrons. The molecular weight excluding hydrogens is 600 g/mol.